The summed E-state index contributed by atoms with van der Waals surface area (Å²) in [5, 5.41) is 7.65. The minimum absolute atomic E-state index is 0.446. The largest absolute Gasteiger partial charge is 0.310 e. The number of hydrogen-bond donors (Lipinski definition) is 1. The van der Waals surface area contributed by atoms with Gasteiger partial charge in [-0.3, -0.25) is 4.68 Å². The van der Waals surface area contributed by atoms with Crippen molar-refractivity contribution in [3.8, 4) is 0 Å². The molecular weight excluding hydrogens is 176 g/mol. The van der Waals surface area contributed by atoms with E-state index in [0.29, 0.717) is 12.1 Å². The van der Waals surface area contributed by atoms with Crippen LogP contribution in [0.1, 0.15) is 33.6 Å². The molecular formula is C10H20N4. The van der Waals surface area contributed by atoms with Crippen LogP contribution < -0.4 is 5.32 Å². The zero-order chi connectivity index (χ0) is 10.4. The Kier molecular flexibility index (Phi) is 4.59. The van der Waals surface area contributed by atoms with Crippen LogP contribution in [0.25, 0.3) is 0 Å². The van der Waals surface area contributed by atoms with Gasteiger partial charge in [-0.15, -0.1) is 0 Å². The Labute approximate surface area is 85.7 Å². The standard InChI is InChI=1S/C10H20N4/c1-4-10(5-2)13-9(3)6-14-8-11-7-12-14/h7-10,13H,4-6H2,1-3H3. The summed E-state index contributed by atoms with van der Waals surface area (Å²) in [7, 11) is 0. The highest BCUT2D eigenvalue weighted by atomic mass is 15.3. The van der Waals surface area contributed by atoms with E-state index in [1.165, 1.54) is 12.8 Å². The summed E-state index contributed by atoms with van der Waals surface area (Å²) in [5.41, 5.74) is 0. The summed E-state index contributed by atoms with van der Waals surface area (Å²) in [5.74, 6) is 0. The molecule has 0 aliphatic rings. The number of rotatable bonds is 6. The minimum atomic E-state index is 0.446. The van der Waals surface area contributed by atoms with E-state index in [2.05, 4.69) is 36.2 Å². The Hall–Kier alpha value is -0.900. The molecule has 1 atom stereocenters. The van der Waals surface area contributed by atoms with E-state index in [-0.39, 0.29) is 0 Å². The van der Waals surface area contributed by atoms with Crippen LogP contribution in [0.5, 0.6) is 0 Å². The summed E-state index contributed by atoms with van der Waals surface area (Å²) < 4.78 is 1.86. The quantitative estimate of drug-likeness (QED) is 0.748. The van der Waals surface area contributed by atoms with Gasteiger partial charge in [-0.1, -0.05) is 13.8 Å². The fourth-order valence-corrected chi connectivity index (χ4v) is 1.59. The van der Waals surface area contributed by atoms with Crippen molar-refractivity contribution in [2.45, 2.75) is 52.2 Å². The second-order valence-corrected chi connectivity index (χ2v) is 3.70. The second-order valence-electron chi connectivity index (χ2n) is 3.70. The average molecular weight is 196 g/mol. The van der Waals surface area contributed by atoms with Gasteiger partial charge in [0.25, 0.3) is 0 Å². The lowest BCUT2D eigenvalue weighted by molar-refractivity contribution is 0.380. The molecule has 4 nitrogen and oxygen atoms in total. The van der Waals surface area contributed by atoms with Crippen molar-refractivity contribution in [3.05, 3.63) is 12.7 Å². The highest BCUT2D eigenvalue weighted by molar-refractivity contribution is 4.70. The van der Waals surface area contributed by atoms with Crippen molar-refractivity contribution in [1.29, 1.82) is 0 Å². The molecule has 0 radical (unpaired) electrons. The molecule has 1 aromatic rings. The smallest absolute Gasteiger partial charge is 0.137 e. The van der Waals surface area contributed by atoms with Gasteiger partial charge in [-0.05, 0) is 19.8 Å². The number of nitrogens with one attached hydrogen (secondary N) is 1. The molecule has 0 bridgehead atoms. The van der Waals surface area contributed by atoms with E-state index in [4.69, 9.17) is 0 Å². The summed E-state index contributed by atoms with van der Waals surface area (Å²) >= 11 is 0. The predicted molar refractivity (Wildman–Crippen MR) is 57.0 cm³/mol. The summed E-state index contributed by atoms with van der Waals surface area (Å²) in [4.78, 5) is 3.92. The fourth-order valence-electron chi connectivity index (χ4n) is 1.59. The van der Waals surface area contributed by atoms with Gasteiger partial charge < -0.3 is 5.32 Å². The first-order valence-corrected chi connectivity index (χ1v) is 5.34. The topological polar surface area (TPSA) is 42.7 Å². The third kappa shape index (κ3) is 3.46. The molecule has 1 rings (SSSR count). The van der Waals surface area contributed by atoms with Gasteiger partial charge >= 0.3 is 0 Å². The Morgan fingerprint density at radius 2 is 2.07 bits per heavy atom. The lowest BCUT2D eigenvalue weighted by atomic mass is 10.1. The van der Waals surface area contributed by atoms with Gasteiger partial charge in [0, 0.05) is 12.1 Å². The van der Waals surface area contributed by atoms with Gasteiger partial charge in [-0.25, -0.2) is 4.98 Å². The monoisotopic (exact) mass is 196 g/mol. The lowest BCUT2D eigenvalue weighted by Crippen LogP contribution is -2.38. The normalized spacial score (nSPS) is 13.4. The summed E-state index contributed by atoms with van der Waals surface area (Å²) in [6, 6.07) is 1.06. The van der Waals surface area contributed by atoms with Crippen molar-refractivity contribution in [1.82, 2.24) is 20.1 Å². The number of nitrogens with zero attached hydrogens (tertiary/aromatic N) is 3. The molecule has 1 heterocycles. The van der Waals surface area contributed by atoms with Crippen LogP contribution in [0.2, 0.25) is 0 Å². The SMILES string of the molecule is CCC(CC)NC(C)Cn1cncn1. The second kappa shape index (κ2) is 5.75. The Morgan fingerprint density at radius 1 is 1.36 bits per heavy atom. The minimum Gasteiger partial charge on any atom is -0.310 e. The molecule has 1 aromatic heterocycles. The zero-order valence-corrected chi connectivity index (χ0v) is 9.27. The lowest BCUT2D eigenvalue weighted by Gasteiger charge is -2.20. The van der Waals surface area contributed by atoms with E-state index in [1.807, 2.05) is 4.68 Å². The van der Waals surface area contributed by atoms with Crippen LogP contribution in [0.3, 0.4) is 0 Å². The Balaban J connectivity index is 2.31. The van der Waals surface area contributed by atoms with E-state index in [1.54, 1.807) is 12.7 Å². The third-order valence-electron chi connectivity index (χ3n) is 2.43. The molecule has 1 unspecified atom stereocenters. The van der Waals surface area contributed by atoms with Crippen LogP contribution in [-0.2, 0) is 6.54 Å². The number of aromatic nitrogens is 3. The van der Waals surface area contributed by atoms with Crippen LogP contribution >= 0.6 is 0 Å². The van der Waals surface area contributed by atoms with Crippen LogP contribution in [-0.4, -0.2) is 26.8 Å². The molecule has 14 heavy (non-hydrogen) atoms. The molecule has 0 aliphatic heterocycles. The van der Waals surface area contributed by atoms with Crippen molar-refractivity contribution in [2.24, 2.45) is 0 Å². The number of hydrogen-bond acceptors (Lipinski definition) is 3. The van der Waals surface area contributed by atoms with Crippen molar-refractivity contribution >= 4 is 0 Å². The molecule has 0 fully saturated rings. The molecule has 0 spiro atoms. The molecule has 0 aromatic carbocycles. The van der Waals surface area contributed by atoms with Crippen molar-refractivity contribution < 1.29 is 0 Å². The van der Waals surface area contributed by atoms with E-state index >= 15 is 0 Å². The maximum atomic E-state index is 4.08. The van der Waals surface area contributed by atoms with Gasteiger partial charge in [0.15, 0.2) is 0 Å². The average Bonchev–Trinajstić information content (AvgIpc) is 2.66. The maximum Gasteiger partial charge on any atom is 0.137 e. The highest BCUT2D eigenvalue weighted by Crippen LogP contribution is 1.99. The molecule has 80 valence electrons. The first-order valence-electron chi connectivity index (χ1n) is 5.34. The predicted octanol–water partition coefficient (Wildman–Crippen LogP) is 1.44. The van der Waals surface area contributed by atoms with Crippen LogP contribution in [0.15, 0.2) is 12.7 Å². The van der Waals surface area contributed by atoms with E-state index in [0.717, 1.165) is 6.54 Å². The van der Waals surface area contributed by atoms with Crippen LogP contribution in [0, 0.1) is 0 Å². The zero-order valence-electron chi connectivity index (χ0n) is 9.27. The Morgan fingerprint density at radius 3 is 2.57 bits per heavy atom. The maximum absolute atomic E-state index is 4.08. The van der Waals surface area contributed by atoms with Gasteiger partial charge in [0.2, 0.25) is 0 Å². The fraction of sp³-hybridized carbons (Fsp3) is 0.800. The van der Waals surface area contributed by atoms with Crippen LogP contribution in [0.4, 0.5) is 0 Å². The molecule has 4 heteroatoms. The van der Waals surface area contributed by atoms with E-state index < -0.39 is 0 Å². The van der Waals surface area contributed by atoms with Crippen molar-refractivity contribution in [2.75, 3.05) is 0 Å². The van der Waals surface area contributed by atoms with Gasteiger partial charge in [0.1, 0.15) is 12.7 Å². The van der Waals surface area contributed by atoms with Crippen molar-refractivity contribution in [3.63, 3.8) is 0 Å². The molecule has 0 amide bonds. The molecule has 0 aliphatic carbocycles. The third-order valence-corrected chi connectivity index (χ3v) is 2.43. The molecule has 0 saturated heterocycles. The first kappa shape index (κ1) is 11.2. The summed E-state index contributed by atoms with van der Waals surface area (Å²) in [6.07, 6.45) is 5.69. The van der Waals surface area contributed by atoms with E-state index in [9.17, 15) is 0 Å². The molecule has 1 N–H and O–H groups in total. The summed E-state index contributed by atoms with van der Waals surface area (Å²) in [6.45, 7) is 7.49. The van der Waals surface area contributed by atoms with Gasteiger partial charge in [0.05, 0.1) is 6.54 Å². The molecule has 0 saturated carbocycles. The van der Waals surface area contributed by atoms with Gasteiger partial charge in [-0.2, -0.15) is 5.10 Å². The Bertz CT molecular complexity index is 228. The highest BCUT2D eigenvalue weighted by Gasteiger charge is 2.08. The first-order chi connectivity index (χ1) is 6.76.